The Labute approximate surface area is 179 Å². The number of carbonyl (C=O) groups excluding carboxylic acids is 1. The minimum absolute atomic E-state index is 0. The first kappa shape index (κ1) is 21.2. The van der Waals surface area contributed by atoms with Crippen molar-refractivity contribution in [3.63, 3.8) is 0 Å². The standard InChI is InChI=1S/C23H21N3O3.ClH/c1-25(14-16-5-3-2-4-6-16)22(27)15-26-20-13-18(9-12-21(20)29-23(26)28)17-7-10-19(24)11-8-17;/h2-13H,14-15,24H2,1H3;1H. The van der Waals surface area contributed by atoms with Gasteiger partial charge in [0.05, 0.1) is 5.52 Å². The van der Waals surface area contributed by atoms with Gasteiger partial charge >= 0.3 is 5.76 Å². The molecule has 2 N–H and O–H groups in total. The van der Waals surface area contributed by atoms with Crippen LogP contribution in [-0.2, 0) is 17.9 Å². The van der Waals surface area contributed by atoms with E-state index in [-0.39, 0.29) is 24.9 Å². The lowest BCUT2D eigenvalue weighted by atomic mass is 10.0. The maximum Gasteiger partial charge on any atom is 0.420 e. The summed E-state index contributed by atoms with van der Waals surface area (Å²) in [5.41, 5.74) is 10.4. The van der Waals surface area contributed by atoms with Gasteiger partial charge < -0.3 is 15.1 Å². The van der Waals surface area contributed by atoms with E-state index in [1.54, 1.807) is 18.0 Å². The van der Waals surface area contributed by atoms with Crippen LogP contribution in [0.2, 0.25) is 0 Å². The van der Waals surface area contributed by atoms with Gasteiger partial charge in [0, 0.05) is 19.3 Å². The number of nitrogen functional groups attached to an aromatic ring is 1. The second-order valence-corrected chi connectivity index (χ2v) is 6.99. The summed E-state index contributed by atoms with van der Waals surface area (Å²) in [5.74, 6) is -0.715. The van der Waals surface area contributed by atoms with Gasteiger partial charge in [0.1, 0.15) is 6.54 Å². The first-order valence-corrected chi connectivity index (χ1v) is 9.28. The van der Waals surface area contributed by atoms with E-state index < -0.39 is 5.76 Å². The molecule has 0 spiro atoms. The summed E-state index contributed by atoms with van der Waals surface area (Å²) < 4.78 is 6.70. The minimum Gasteiger partial charge on any atom is -0.408 e. The lowest BCUT2D eigenvalue weighted by Gasteiger charge is -2.17. The molecule has 154 valence electrons. The fraction of sp³-hybridized carbons (Fsp3) is 0.130. The number of anilines is 1. The van der Waals surface area contributed by atoms with Gasteiger partial charge in [0.15, 0.2) is 5.58 Å². The summed E-state index contributed by atoms with van der Waals surface area (Å²) in [4.78, 5) is 26.7. The van der Waals surface area contributed by atoms with Crippen LogP contribution in [0.15, 0.2) is 82.0 Å². The first-order valence-electron chi connectivity index (χ1n) is 9.28. The Balaban J connectivity index is 0.00000256. The Morgan fingerprint density at radius 3 is 2.37 bits per heavy atom. The summed E-state index contributed by atoms with van der Waals surface area (Å²) >= 11 is 0. The number of nitrogens with two attached hydrogens (primary N) is 1. The molecule has 0 aliphatic carbocycles. The molecule has 0 saturated carbocycles. The third-order valence-corrected chi connectivity index (χ3v) is 4.89. The number of hydrogen-bond acceptors (Lipinski definition) is 4. The van der Waals surface area contributed by atoms with Crippen molar-refractivity contribution in [2.75, 3.05) is 12.8 Å². The molecule has 6 nitrogen and oxygen atoms in total. The molecule has 0 fully saturated rings. The van der Waals surface area contributed by atoms with Gasteiger partial charge in [-0.15, -0.1) is 12.4 Å². The highest BCUT2D eigenvalue weighted by molar-refractivity contribution is 5.85. The molecule has 1 amide bonds. The smallest absolute Gasteiger partial charge is 0.408 e. The summed E-state index contributed by atoms with van der Waals surface area (Å²) in [6, 6.07) is 22.7. The van der Waals surface area contributed by atoms with E-state index in [9.17, 15) is 9.59 Å². The number of rotatable bonds is 5. The molecule has 0 saturated heterocycles. The van der Waals surface area contributed by atoms with E-state index in [0.29, 0.717) is 23.3 Å². The van der Waals surface area contributed by atoms with E-state index in [1.807, 2.05) is 66.7 Å². The summed E-state index contributed by atoms with van der Waals surface area (Å²) in [6.07, 6.45) is 0. The number of benzene rings is 3. The number of fused-ring (bicyclic) bond motifs is 1. The molecule has 1 aromatic heterocycles. The van der Waals surface area contributed by atoms with Crippen molar-refractivity contribution in [1.82, 2.24) is 9.47 Å². The van der Waals surface area contributed by atoms with Crippen molar-refractivity contribution in [3.8, 4) is 11.1 Å². The fourth-order valence-corrected chi connectivity index (χ4v) is 3.27. The highest BCUT2D eigenvalue weighted by Gasteiger charge is 2.16. The lowest BCUT2D eigenvalue weighted by Crippen LogP contribution is -2.32. The number of amides is 1. The van der Waals surface area contributed by atoms with Gasteiger partial charge in [0.25, 0.3) is 0 Å². The third kappa shape index (κ3) is 4.39. The predicted molar refractivity (Wildman–Crippen MR) is 120 cm³/mol. The largest absolute Gasteiger partial charge is 0.420 e. The van der Waals surface area contributed by atoms with E-state index >= 15 is 0 Å². The van der Waals surface area contributed by atoms with Gasteiger partial charge in [-0.3, -0.25) is 9.36 Å². The van der Waals surface area contributed by atoms with Gasteiger partial charge in [-0.1, -0.05) is 48.5 Å². The van der Waals surface area contributed by atoms with Crippen molar-refractivity contribution >= 4 is 35.1 Å². The monoisotopic (exact) mass is 423 g/mol. The molecule has 4 rings (SSSR count). The molecule has 4 aromatic rings. The normalized spacial score (nSPS) is 10.6. The second kappa shape index (κ2) is 8.88. The van der Waals surface area contributed by atoms with Crippen LogP contribution in [0.3, 0.4) is 0 Å². The van der Waals surface area contributed by atoms with Crippen LogP contribution in [0.5, 0.6) is 0 Å². The number of nitrogens with zero attached hydrogens (tertiary/aromatic N) is 2. The van der Waals surface area contributed by atoms with Crippen LogP contribution < -0.4 is 11.5 Å². The molecular formula is C23H22ClN3O3. The van der Waals surface area contributed by atoms with E-state index in [0.717, 1.165) is 16.7 Å². The Morgan fingerprint density at radius 1 is 1.00 bits per heavy atom. The Bertz CT molecular complexity index is 1210. The average Bonchev–Trinajstić information content (AvgIpc) is 3.03. The van der Waals surface area contributed by atoms with Crippen LogP contribution in [0.4, 0.5) is 5.69 Å². The molecule has 7 heteroatoms. The number of halogens is 1. The zero-order valence-electron chi connectivity index (χ0n) is 16.4. The van der Waals surface area contributed by atoms with Gasteiger partial charge in [-0.2, -0.15) is 0 Å². The summed E-state index contributed by atoms with van der Waals surface area (Å²) in [5, 5.41) is 0. The highest BCUT2D eigenvalue weighted by Crippen LogP contribution is 2.25. The van der Waals surface area contributed by atoms with Crippen LogP contribution in [-0.4, -0.2) is 22.4 Å². The van der Waals surface area contributed by atoms with Crippen molar-refractivity contribution in [1.29, 1.82) is 0 Å². The second-order valence-electron chi connectivity index (χ2n) is 6.99. The van der Waals surface area contributed by atoms with E-state index in [1.165, 1.54) is 4.57 Å². The van der Waals surface area contributed by atoms with E-state index in [4.69, 9.17) is 10.2 Å². The quantitative estimate of drug-likeness (QED) is 0.493. The molecule has 0 bridgehead atoms. The first-order chi connectivity index (χ1) is 14.0. The third-order valence-electron chi connectivity index (χ3n) is 4.89. The van der Waals surface area contributed by atoms with Gasteiger partial charge in [-0.05, 0) is 41.0 Å². The maximum absolute atomic E-state index is 12.7. The van der Waals surface area contributed by atoms with Gasteiger partial charge in [-0.25, -0.2) is 4.79 Å². The zero-order chi connectivity index (χ0) is 20.4. The topological polar surface area (TPSA) is 81.5 Å². The molecule has 0 radical (unpaired) electrons. The molecule has 0 aliphatic rings. The molecule has 0 unspecified atom stereocenters. The molecular weight excluding hydrogens is 402 g/mol. The molecule has 0 atom stereocenters. The number of hydrogen-bond donors (Lipinski definition) is 1. The number of carbonyl (C=O) groups is 1. The van der Waals surface area contributed by atoms with Crippen molar-refractivity contribution in [2.45, 2.75) is 13.1 Å². The molecule has 0 aliphatic heterocycles. The summed E-state index contributed by atoms with van der Waals surface area (Å²) in [6.45, 7) is 0.390. The number of oxazole rings is 1. The highest BCUT2D eigenvalue weighted by atomic mass is 35.5. The Kier molecular flexibility index (Phi) is 6.28. The minimum atomic E-state index is -0.545. The van der Waals surface area contributed by atoms with Crippen LogP contribution in [0.1, 0.15) is 5.56 Å². The molecule has 30 heavy (non-hydrogen) atoms. The predicted octanol–water partition coefficient (Wildman–Crippen LogP) is 3.92. The Morgan fingerprint density at radius 2 is 1.67 bits per heavy atom. The average molecular weight is 424 g/mol. The van der Waals surface area contributed by atoms with Crippen molar-refractivity contribution in [2.24, 2.45) is 0 Å². The maximum atomic E-state index is 12.7. The fourth-order valence-electron chi connectivity index (χ4n) is 3.27. The molecule has 3 aromatic carbocycles. The Hall–Kier alpha value is -3.51. The van der Waals surface area contributed by atoms with E-state index in [2.05, 4.69) is 0 Å². The van der Waals surface area contributed by atoms with Crippen molar-refractivity contribution < 1.29 is 9.21 Å². The van der Waals surface area contributed by atoms with Crippen LogP contribution in [0.25, 0.3) is 22.2 Å². The summed E-state index contributed by atoms with van der Waals surface area (Å²) in [7, 11) is 1.72. The van der Waals surface area contributed by atoms with Crippen molar-refractivity contribution in [3.05, 3.63) is 88.9 Å². The zero-order valence-corrected chi connectivity index (χ0v) is 17.3. The van der Waals surface area contributed by atoms with Crippen LogP contribution >= 0.6 is 12.4 Å². The van der Waals surface area contributed by atoms with Crippen LogP contribution in [0, 0.1) is 0 Å². The number of likely N-dealkylation sites (N-methyl/N-ethyl adjacent to an activating group) is 1. The molecule has 1 heterocycles. The SMILES string of the molecule is CN(Cc1ccccc1)C(=O)Cn1c(=O)oc2ccc(-c3ccc(N)cc3)cc21.Cl. The lowest BCUT2D eigenvalue weighted by molar-refractivity contribution is -0.131. The number of aromatic nitrogens is 1. The van der Waals surface area contributed by atoms with Gasteiger partial charge in [0.2, 0.25) is 5.91 Å².